The van der Waals surface area contributed by atoms with Gasteiger partial charge in [0.2, 0.25) is 0 Å². The van der Waals surface area contributed by atoms with Gasteiger partial charge >= 0.3 is 0 Å². The maximum atomic E-state index is 12.2. The van der Waals surface area contributed by atoms with Crippen molar-refractivity contribution < 1.29 is 9.53 Å². The molecule has 0 aliphatic heterocycles. The van der Waals surface area contributed by atoms with Crippen LogP contribution in [0.4, 0.5) is 5.69 Å². The highest BCUT2D eigenvalue weighted by atomic mass is 16.5. The maximum absolute atomic E-state index is 12.2. The number of methoxy groups -OCH3 is 1. The van der Waals surface area contributed by atoms with Crippen molar-refractivity contribution in [1.82, 2.24) is 0 Å². The van der Waals surface area contributed by atoms with E-state index in [1.54, 1.807) is 36.4 Å². The minimum absolute atomic E-state index is 0.241. The van der Waals surface area contributed by atoms with Crippen LogP contribution in [0.3, 0.4) is 0 Å². The van der Waals surface area contributed by atoms with Crippen molar-refractivity contribution in [2.24, 2.45) is 0 Å². The zero-order chi connectivity index (χ0) is 14.5. The van der Waals surface area contributed by atoms with Crippen molar-refractivity contribution >= 4 is 11.6 Å². The summed E-state index contributed by atoms with van der Waals surface area (Å²) >= 11 is 0. The van der Waals surface area contributed by atoms with Crippen LogP contribution in [-0.2, 0) is 0 Å². The van der Waals surface area contributed by atoms with Crippen LogP contribution in [0.2, 0.25) is 0 Å². The molecule has 0 radical (unpaired) electrons. The van der Waals surface area contributed by atoms with Crippen LogP contribution in [0.25, 0.3) is 0 Å². The first-order valence-corrected chi connectivity index (χ1v) is 6.10. The van der Waals surface area contributed by atoms with E-state index in [1.807, 2.05) is 19.1 Å². The lowest BCUT2D eigenvalue weighted by atomic mass is 10.1. The first-order chi connectivity index (χ1) is 9.63. The Balaban J connectivity index is 2.23. The lowest BCUT2D eigenvalue weighted by Crippen LogP contribution is -2.13. The third-order valence-electron chi connectivity index (χ3n) is 2.87. The topological polar surface area (TPSA) is 62.1 Å². The molecule has 20 heavy (non-hydrogen) atoms. The van der Waals surface area contributed by atoms with Crippen LogP contribution >= 0.6 is 0 Å². The number of anilines is 1. The Hall–Kier alpha value is -2.80. The third kappa shape index (κ3) is 2.96. The van der Waals surface area contributed by atoms with Crippen LogP contribution in [0.5, 0.6) is 5.75 Å². The van der Waals surface area contributed by atoms with Gasteiger partial charge < -0.3 is 10.1 Å². The number of hydrogen-bond acceptors (Lipinski definition) is 3. The molecule has 2 rings (SSSR count). The molecule has 4 heteroatoms. The second-order valence-corrected chi connectivity index (χ2v) is 4.35. The summed E-state index contributed by atoms with van der Waals surface area (Å²) in [4.78, 5) is 12.2. The van der Waals surface area contributed by atoms with Gasteiger partial charge in [0.05, 0.1) is 24.3 Å². The lowest BCUT2D eigenvalue weighted by Gasteiger charge is -2.10. The van der Waals surface area contributed by atoms with E-state index in [9.17, 15) is 4.79 Å². The van der Waals surface area contributed by atoms with Crippen molar-refractivity contribution in [2.45, 2.75) is 6.92 Å². The molecule has 0 heterocycles. The molecule has 0 saturated heterocycles. The molecule has 0 bridgehead atoms. The minimum Gasteiger partial charge on any atom is -0.496 e. The number of nitriles is 1. The molecule has 0 saturated carbocycles. The molecular weight excluding hydrogens is 252 g/mol. The summed E-state index contributed by atoms with van der Waals surface area (Å²) in [5, 5.41) is 11.5. The molecule has 1 N–H and O–H groups in total. The molecule has 0 atom stereocenters. The van der Waals surface area contributed by atoms with Gasteiger partial charge in [-0.05, 0) is 43.3 Å². The highest BCUT2D eigenvalue weighted by Crippen LogP contribution is 2.21. The number of aryl methyl sites for hydroxylation is 1. The first kappa shape index (κ1) is 13.6. The average molecular weight is 266 g/mol. The molecule has 2 aromatic carbocycles. The SMILES string of the molecule is COc1ccc(C)cc1C(=O)Nc1ccc(C#N)cc1. The van der Waals surface area contributed by atoms with E-state index < -0.39 is 0 Å². The molecule has 0 fully saturated rings. The van der Waals surface area contributed by atoms with Gasteiger partial charge in [-0.25, -0.2) is 0 Å². The zero-order valence-electron chi connectivity index (χ0n) is 11.3. The van der Waals surface area contributed by atoms with E-state index in [4.69, 9.17) is 10.00 Å². The molecule has 0 aliphatic rings. The van der Waals surface area contributed by atoms with Gasteiger partial charge in [0, 0.05) is 5.69 Å². The fourth-order valence-electron chi connectivity index (χ4n) is 1.83. The Morgan fingerprint density at radius 1 is 1.20 bits per heavy atom. The van der Waals surface area contributed by atoms with Crippen molar-refractivity contribution in [3.05, 3.63) is 59.2 Å². The summed E-state index contributed by atoms with van der Waals surface area (Å²) in [5.41, 5.74) is 2.65. The minimum atomic E-state index is -0.241. The molecule has 0 aliphatic carbocycles. The highest BCUT2D eigenvalue weighted by Gasteiger charge is 2.12. The van der Waals surface area contributed by atoms with Gasteiger partial charge in [0.25, 0.3) is 5.91 Å². The normalized spacial score (nSPS) is 9.65. The smallest absolute Gasteiger partial charge is 0.259 e. The zero-order valence-corrected chi connectivity index (χ0v) is 11.3. The van der Waals surface area contributed by atoms with Crippen LogP contribution < -0.4 is 10.1 Å². The maximum Gasteiger partial charge on any atom is 0.259 e. The predicted octanol–water partition coefficient (Wildman–Crippen LogP) is 3.13. The molecule has 1 amide bonds. The monoisotopic (exact) mass is 266 g/mol. The number of carbonyl (C=O) groups excluding carboxylic acids is 1. The third-order valence-corrected chi connectivity index (χ3v) is 2.87. The molecule has 2 aromatic rings. The second-order valence-electron chi connectivity index (χ2n) is 4.35. The van der Waals surface area contributed by atoms with E-state index in [1.165, 1.54) is 7.11 Å². The van der Waals surface area contributed by atoms with E-state index in [-0.39, 0.29) is 5.91 Å². The first-order valence-electron chi connectivity index (χ1n) is 6.10. The van der Waals surface area contributed by atoms with E-state index in [0.29, 0.717) is 22.6 Å². The van der Waals surface area contributed by atoms with Crippen LogP contribution in [-0.4, -0.2) is 13.0 Å². The van der Waals surface area contributed by atoms with Crippen molar-refractivity contribution in [1.29, 1.82) is 5.26 Å². The Bertz CT molecular complexity index is 670. The number of ether oxygens (including phenoxy) is 1. The molecular formula is C16H14N2O2. The Kier molecular flexibility index (Phi) is 4.02. The fraction of sp³-hybridized carbons (Fsp3) is 0.125. The summed E-state index contributed by atoms with van der Waals surface area (Å²) < 4.78 is 5.19. The number of benzene rings is 2. The van der Waals surface area contributed by atoms with E-state index in [2.05, 4.69) is 5.32 Å². The Morgan fingerprint density at radius 2 is 1.90 bits per heavy atom. The number of amides is 1. The van der Waals surface area contributed by atoms with E-state index >= 15 is 0 Å². The molecule has 0 spiro atoms. The van der Waals surface area contributed by atoms with E-state index in [0.717, 1.165) is 5.56 Å². The second kappa shape index (κ2) is 5.89. The van der Waals surface area contributed by atoms with Gasteiger partial charge in [-0.15, -0.1) is 0 Å². The number of hydrogen-bond donors (Lipinski definition) is 1. The predicted molar refractivity (Wildman–Crippen MR) is 76.8 cm³/mol. The Morgan fingerprint density at radius 3 is 2.50 bits per heavy atom. The van der Waals surface area contributed by atoms with Crippen molar-refractivity contribution in [3.8, 4) is 11.8 Å². The lowest BCUT2D eigenvalue weighted by molar-refractivity contribution is 0.102. The van der Waals surface area contributed by atoms with Crippen LogP contribution in [0.1, 0.15) is 21.5 Å². The molecule has 100 valence electrons. The largest absolute Gasteiger partial charge is 0.496 e. The number of rotatable bonds is 3. The highest BCUT2D eigenvalue weighted by molar-refractivity contribution is 6.06. The fourth-order valence-corrected chi connectivity index (χ4v) is 1.83. The van der Waals surface area contributed by atoms with Gasteiger partial charge in [-0.3, -0.25) is 4.79 Å². The van der Waals surface area contributed by atoms with Gasteiger partial charge in [0.1, 0.15) is 5.75 Å². The quantitative estimate of drug-likeness (QED) is 0.928. The van der Waals surface area contributed by atoms with Gasteiger partial charge in [-0.1, -0.05) is 11.6 Å². The standard InChI is InChI=1S/C16H14N2O2/c1-11-3-8-15(20-2)14(9-11)16(19)18-13-6-4-12(10-17)5-7-13/h3-9H,1-2H3,(H,18,19). The number of nitrogens with zero attached hydrogens (tertiary/aromatic N) is 1. The average Bonchev–Trinajstić information content (AvgIpc) is 2.48. The van der Waals surface area contributed by atoms with Crippen molar-refractivity contribution in [2.75, 3.05) is 12.4 Å². The van der Waals surface area contributed by atoms with Crippen molar-refractivity contribution in [3.63, 3.8) is 0 Å². The van der Waals surface area contributed by atoms with Crippen LogP contribution in [0, 0.1) is 18.3 Å². The molecule has 0 unspecified atom stereocenters. The number of nitrogens with one attached hydrogen (secondary N) is 1. The van der Waals surface area contributed by atoms with Gasteiger partial charge in [0.15, 0.2) is 0 Å². The number of carbonyl (C=O) groups is 1. The summed E-state index contributed by atoms with van der Waals surface area (Å²) in [6, 6.07) is 14.2. The summed E-state index contributed by atoms with van der Waals surface area (Å²) in [5.74, 6) is 0.289. The van der Waals surface area contributed by atoms with Crippen LogP contribution in [0.15, 0.2) is 42.5 Å². The summed E-state index contributed by atoms with van der Waals surface area (Å²) in [6.07, 6.45) is 0. The van der Waals surface area contributed by atoms with Gasteiger partial charge in [-0.2, -0.15) is 5.26 Å². The Labute approximate surface area is 117 Å². The summed E-state index contributed by atoms with van der Waals surface area (Å²) in [7, 11) is 1.53. The summed E-state index contributed by atoms with van der Waals surface area (Å²) in [6.45, 7) is 1.91. The molecule has 0 aromatic heterocycles. The molecule has 4 nitrogen and oxygen atoms in total.